The molecule has 0 radical (unpaired) electrons. The van der Waals surface area contributed by atoms with Gasteiger partial charge in [-0.15, -0.1) is 0 Å². The van der Waals surface area contributed by atoms with Gasteiger partial charge < -0.3 is 4.57 Å². The van der Waals surface area contributed by atoms with Gasteiger partial charge in [-0.1, -0.05) is 35.9 Å². The zero-order chi connectivity index (χ0) is 27.6. The Morgan fingerprint density at radius 1 is 0.895 bits per heavy atom. The molecule has 0 aliphatic heterocycles. The molecule has 0 amide bonds. The molecule has 4 aromatic rings. The average Bonchev–Trinajstić information content (AvgIpc) is 3.14. The summed E-state index contributed by atoms with van der Waals surface area (Å²) in [6.45, 7) is 9.72. The second-order valence-corrected chi connectivity index (χ2v) is 10.9. The summed E-state index contributed by atoms with van der Waals surface area (Å²) in [7, 11) is -4.05. The number of anilines is 2. The Balaban J connectivity index is 1.59. The smallest absolute Gasteiger partial charge is 0.295 e. The van der Waals surface area contributed by atoms with Gasteiger partial charge in [0.05, 0.1) is 21.7 Å². The van der Waals surface area contributed by atoms with Crippen LogP contribution in [0.1, 0.15) is 33.6 Å². The predicted molar refractivity (Wildman–Crippen MR) is 151 cm³/mol. The van der Waals surface area contributed by atoms with Gasteiger partial charge in [0, 0.05) is 28.7 Å². The minimum absolute atomic E-state index is 0.0735. The summed E-state index contributed by atoms with van der Waals surface area (Å²) >= 11 is 0. The van der Waals surface area contributed by atoms with E-state index in [0.717, 1.165) is 45.4 Å². The molecule has 1 heterocycles. The molecule has 38 heavy (non-hydrogen) atoms. The molecule has 196 valence electrons. The van der Waals surface area contributed by atoms with Crippen LogP contribution in [0.4, 0.5) is 17.1 Å². The second-order valence-electron chi connectivity index (χ2n) is 9.18. The molecule has 0 saturated heterocycles. The molecule has 3 aromatic carbocycles. The number of nitrogens with one attached hydrogen (secondary N) is 2. The summed E-state index contributed by atoms with van der Waals surface area (Å²) in [6, 6.07) is 19.0. The minimum atomic E-state index is -4.05. The molecule has 0 atom stereocenters. The molecule has 2 N–H and O–H groups in total. The molecule has 0 aliphatic carbocycles. The number of hydrogen-bond acceptors (Lipinski definition) is 6. The maximum atomic E-state index is 13.0. The van der Waals surface area contributed by atoms with Crippen molar-refractivity contribution in [2.45, 2.75) is 39.5 Å². The lowest BCUT2D eigenvalue weighted by molar-refractivity contribution is -0.384. The van der Waals surface area contributed by atoms with E-state index < -0.39 is 20.6 Å². The summed E-state index contributed by atoms with van der Waals surface area (Å²) in [6.07, 6.45) is 1.59. The first kappa shape index (κ1) is 26.6. The third-order valence-corrected chi connectivity index (χ3v) is 7.68. The molecule has 0 saturated carbocycles. The highest BCUT2D eigenvalue weighted by Crippen LogP contribution is 2.29. The predicted octanol–water partition coefficient (Wildman–Crippen LogP) is 6.17. The Bertz CT molecular complexity index is 1670. The maximum absolute atomic E-state index is 13.0. The van der Waals surface area contributed by atoms with E-state index in [0.29, 0.717) is 5.69 Å². The van der Waals surface area contributed by atoms with E-state index in [1.807, 2.05) is 64.1 Å². The number of para-hydroxylation sites is 1. The van der Waals surface area contributed by atoms with Gasteiger partial charge >= 0.3 is 0 Å². The lowest BCUT2D eigenvalue weighted by Crippen LogP contribution is -2.14. The van der Waals surface area contributed by atoms with E-state index in [1.54, 1.807) is 25.3 Å². The number of aryl methyl sites for hydroxylation is 4. The van der Waals surface area contributed by atoms with Gasteiger partial charge in [0.2, 0.25) is 0 Å². The van der Waals surface area contributed by atoms with Crippen LogP contribution in [0, 0.1) is 44.7 Å². The maximum Gasteiger partial charge on any atom is 0.295 e. The zero-order valence-electron chi connectivity index (χ0n) is 21.8. The number of nitrogens with zero attached hydrogens (tertiary/aromatic N) is 3. The van der Waals surface area contributed by atoms with Gasteiger partial charge in [-0.25, -0.2) is 8.42 Å². The first-order valence-corrected chi connectivity index (χ1v) is 13.4. The Hall–Kier alpha value is -4.44. The molecule has 0 aliphatic rings. The van der Waals surface area contributed by atoms with Gasteiger partial charge in [0.1, 0.15) is 5.69 Å². The van der Waals surface area contributed by atoms with Crippen LogP contribution in [-0.2, 0) is 10.0 Å². The third-order valence-electron chi connectivity index (χ3n) is 6.32. The van der Waals surface area contributed by atoms with Crippen LogP contribution in [0.2, 0.25) is 0 Å². The van der Waals surface area contributed by atoms with Crippen molar-refractivity contribution in [2.75, 3.05) is 10.1 Å². The van der Waals surface area contributed by atoms with Crippen molar-refractivity contribution >= 4 is 33.3 Å². The van der Waals surface area contributed by atoms with Crippen molar-refractivity contribution in [3.63, 3.8) is 0 Å². The topological polar surface area (TPSA) is 119 Å². The number of nitro benzene ring substituents is 1. The van der Waals surface area contributed by atoms with Crippen molar-refractivity contribution in [2.24, 2.45) is 5.10 Å². The van der Waals surface area contributed by atoms with Crippen molar-refractivity contribution in [1.29, 1.82) is 0 Å². The van der Waals surface area contributed by atoms with Crippen LogP contribution < -0.4 is 10.1 Å². The third kappa shape index (κ3) is 5.45. The van der Waals surface area contributed by atoms with E-state index in [2.05, 4.69) is 19.8 Å². The molecular weight excluding hydrogens is 502 g/mol. The Labute approximate surface area is 222 Å². The fraction of sp³-hybridized carbons (Fsp3) is 0.179. The highest BCUT2D eigenvalue weighted by atomic mass is 32.2. The van der Waals surface area contributed by atoms with E-state index in [1.165, 1.54) is 12.1 Å². The standard InChI is InChI=1S/C28H29N5O4S/c1-18-10-12-25(20(3)14-18)31-38(36,37)24-11-13-26(28(16-24)33(34)35)30-29-17-23-15-21(4)32(22(23)5)27-9-7-6-8-19(27)2/h6-17,30-31H,1-5H3/b29-17+. The fourth-order valence-corrected chi connectivity index (χ4v) is 5.48. The fourth-order valence-electron chi connectivity index (χ4n) is 4.33. The molecule has 0 bridgehead atoms. The average molecular weight is 532 g/mol. The van der Waals surface area contributed by atoms with Crippen molar-refractivity contribution in [1.82, 2.24) is 4.57 Å². The molecular formula is C28H29N5O4S. The number of hydrazone groups is 1. The summed E-state index contributed by atoms with van der Waals surface area (Å²) in [5, 5.41) is 16.0. The monoisotopic (exact) mass is 531 g/mol. The number of rotatable bonds is 8. The van der Waals surface area contributed by atoms with E-state index in [9.17, 15) is 18.5 Å². The molecule has 4 rings (SSSR count). The first-order chi connectivity index (χ1) is 18.0. The lowest BCUT2D eigenvalue weighted by atomic mass is 10.1. The van der Waals surface area contributed by atoms with Gasteiger partial charge in [-0.2, -0.15) is 5.10 Å². The minimum Gasteiger partial charge on any atom is -0.318 e. The van der Waals surface area contributed by atoms with Gasteiger partial charge in [-0.05, 0) is 76.1 Å². The molecule has 0 spiro atoms. The Morgan fingerprint density at radius 3 is 2.29 bits per heavy atom. The van der Waals surface area contributed by atoms with Crippen LogP contribution in [0.25, 0.3) is 5.69 Å². The Kier molecular flexibility index (Phi) is 7.36. The van der Waals surface area contributed by atoms with Crippen molar-refractivity contribution < 1.29 is 13.3 Å². The summed E-state index contributed by atoms with van der Waals surface area (Å²) in [4.78, 5) is 10.9. The molecule has 1 aromatic heterocycles. The Morgan fingerprint density at radius 2 is 1.61 bits per heavy atom. The number of aromatic nitrogens is 1. The first-order valence-electron chi connectivity index (χ1n) is 11.9. The zero-order valence-corrected chi connectivity index (χ0v) is 22.6. The van der Waals surface area contributed by atoms with E-state index in [4.69, 9.17) is 0 Å². The quantitative estimate of drug-likeness (QED) is 0.160. The lowest BCUT2D eigenvalue weighted by Gasteiger charge is -2.12. The van der Waals surface area contributed by atoms with Crippen LogP contribution in [-0.4, -0.2) is 24.1 Å². The van der Waals surface area contributed by atoms with Gasteiger partial charge in [0.25, 0.3) is 15.7 Å². The van der Waals surface area contributed by atoms with Gasteiger partial charge in [-0.3, -0.25) is 20.3 Å². The van der Waals surface area contributed by atoms with Crippen molar-refractivity contribution in [3.8, 4) is 5.69 Å². The normalized spacial score (nSPS) is 11.6. The van der Waals surface area contributed by atoms with Gasteiger partial charge in [0.15, 0.2) is 0 Å². The van der Waals surface area contributed by atoms with Crippen LogP contribution in [0.5, 0.6) is 0 Å². The number of hydrogen-bond donors (Lipinski definition) is 2. The van der Waals surface area contributed by atoms with E-state index in [-0.39, 0.29) is 10.6 Å². The second kappa shape index (κ2) is 10.5. The van der Waals surface area contributed by atoms with Crippen molar-refractivity contribution in [3.05, 3.63) is 110 Å². The number of nitro groups is 1. The molecule has 10 heteroatoms. The number of benzene rings is 3. The highest BCUT2D eigenvalue weighted by molar-refractivity contribution is 7.92. The number of sulfonamides is 1. The largest absolute Gasteiger partial charge is 0.318 e. The molecule has 0 unspecified atom stereocenters. The SMILES string of the molecule is Cc1ccc(NS(=O)(=O)c2ccc(N/N=C/c3cc(C)n(-c4ccccc4C)c3C)c([N+](=O)[O-])c2)c(C)c1. The van der Waals surface area contributed by atoms with Crippen LogP contribution in [0.15, 0.2) is 76.7 Å². The van der Waals surface area contributed by atoms with E-state index >= 15 is 0 Å². The summed E-state index contributed by atoms with van der Waals surface area (Å²) < 4.78 is 30.5. The summed E-state index contributed by atoms with van der Waals surface area (Å²) in [5.41, 5.74) is 9.55. The highest BCUT2D eigenvalue weighted by Gasteiger charge is 2.22. The summed E-state index contributed by atoms with van der Waals surface area (Å²) in [5.74, 6) is 0. The molecule has 9 nitrogen and oxygen atoms in total. The molecule has 0 fully saturated rings. The van der Waals surface area contributed by atoms with Crippen LogP contribution >= 0.6 is 0 Å². The van der Waals surface area contributed by atoms with Crippen LogP contribution in [0.3, 0.4) is 0 Å².